The molecule has 1 aliphatic rings. The lowest BCUT2D eigenvalue weighted by Gasteiger charge is -2.41. The molecule has 0 bridgehead atoms. The molecular formula is C65H125NO10. The molecule has 1 saturated heterocycles. The Morgan fingerprint density at radius 3 is 1.24 bits per heavy atom. The van der Waals surface area contributed by atoms with Crippen molar-refractivity contribution in [2.45, 2.75) is 378 Å². The Balaban J connectivity index is 2.58. The van der Waals surface area contributed by atoms with E-state index in [0.717, 1.165) is 57.8 Å². The summed E-state index contributed by atoms with van der Waals surface area (Å²) in [5.41, 5.74) is 0. The van der Waals surface area contributed by atoms with Crippen LogP contribution in [-0.4, -0.2) is 99.6 Å². The summed E-state index contributed by atoms with van der Waals surface area (Å²) >= 11 is 0. The van der Waals surface area contributed by atoms with E-state index in [1.165, 1.54) is 225 Å². The smallest absolute Gasteiger partial charge is 0.306 e. The first-order chi connectivity index (χ1) is 37.2. The molecule has 0 aliphatic carbocycles. The second-order valence-corrected chi connectivity index (χ2v) is 23.2. The Kier molecular flexibility index (Phi) is 51.5. The number of amides is 1. The predicted molar refractivity (Wildman–Crippen MR) is 315 cm³/mol. The first kappa shape index (κ1) is 72.4. The number of unbranched alkanes of at least 4 members (excludes halogenated alkanes) is 43. The zero-order chi connectivity index (χ0) is 55.4. The van der Waals surface area contributed by atoms with Crippen LogP contribution in [0.3, 0.4) is 0 Å². The van der Waals surface area contributed by atoms with Gasteiger partial charge < -0.3 is 45.1 Å². The molecule has 76 heavy (non-hydrogen) atoms. The van der Waals surface area contributed by atoms with Crippen molar-refractivity contribution in [1.29, 1.82) is 0 Å². The van der Waals surface area contributed by atoms with Gasteiger partial charge in [0, 0.05) is 6.42 Å². The van der Waals surface area contributed by atoms with Gasteiger partial charge in [0.05, 0.1) is 25.4 Å². The van der Waals surface area contributed by atoms with Crippen LogP contribution >= 0.6 is 0 Å². The number of carbonyl (C=O) groups is 2. The highest BCUT2D eigenvalue weighted by Crippen LogP contribution is 2.26. The van der Waals surface area contributed by atoms with E-state index in [1.807, 2.05) is 6.08 Å². The van der Waals surface area contributed by atoms with Crippen LogP contribution in [0.5, 0.6) is 0 Å². The number of hydrogen-bond donors (Lipinski definition) is 6. The first-order valence-electron chi connectivity index (χ1n) is 33.0. The van der Waals surface area contributed by atoms with Gasteiger partial charge in [-0.25, -0.2) is 0 Å². The van der Waals surface area contributed by atoms with E-state index in [1.54, 1.807) is 6.08 Å². The quantitative estimate of drug-likeness (QED) is 0.0195. The topological polar surface area (TPSA) is 175 Å². The van der Waals surface area contributed by atoms with E-state index >= 15 is 0 Å². The molecule has 1 aliphatic heterocycles. The van der Waals surface area contributed by atoms with E-state index in [2.05, 4.69) is 26.1 Å². The highest BCUT2D eigenvalue weighted by atomic mass is 16.7. The SMILES string of the molecule is CCCCCCCCCCC/C=C/C(O)C(COC1OC(CO)C(O)C(O)C1OC(=O)CCCCCCCCCCCCCCCC)NC(=O)C(O)CCCCCCCCCCCCCCCCCCCCCCCC. The lowest BCUT2D eigenvalue weighted by atomic mass is 9.99. The molecule has 0 radical (unpaired) electrons. The molecule has 8 unspecified atom stereocenters. The van der Waals surface area contributed by atoms with Crippen LogP contribution in [0.15, 0.2) is 12.2 Å². The van der Waals surface area contributed by atoms with Crippen LogP contribution in [0.1, 0.15) is 329 Å². The molecule has 1 fully saturated rings. The summed E-state index contributed by atoms with van der Waals surface area (Å²) in [7, 11) is 0. The van der Waals surface area contributed by atoms with Gasteiger partial charge in [-0.1, -0.05) is 309 Å². The minimum Gasteiger partial charge on any atom is -0.454 e. The van der Waals surface area contributed by atoms with Gasteiger partial charge >= 0.3 is 5.97 Å². The van der Waals surface area contributed by atoms with Crippen molar-refractivity contribution in [3.8, 4) is 0 Å². The average Bonchev–Trinajstić information content (AvgIpc) is 3.42. The zero-order valence-electron chi connectivity index (χ0n) is 49.9. The van der Waals surface area contributed by atoms with Gasteiger partial charge in [0.1, 0.15) is 24.4 Å². The maximum Gasteiger partial charge on any atom is 0.306 e. The minimum atomic E-state index is -1.61. The van der Waals surface area contributed by atoms with E-state index in [9.17, 15) is 35.1 Å². The van der Waals surface area contributed by atoms with Crippen LogP contribution in [0, 0.1) is 0 Å². The summed E-state index contributed by atoms with van der Waals surface area (Å²) in [5.74, 6) is -1.18. The number of aliphatic hydroxyl groups excluding tert-OH is 5. The second kappa shape index (κ2) is 54.0. The lowest BCUT2D eigenvalue weighted by Crippen LogP contribution is -2.61. The Morgan fingerprint density at radius 1 is 0.500 bits per heavy atom. The molecule has 1 rings (SSSR count). The molecule has 11 nitrogen and oxygen atoms in total. The van der Waals surface area contributed by atoms with Crippen LogP contribution < -0.4 is 5.32 Å². The molecule has 0 spiro atoms. The minimum absolute atomic E-state index is 0.131. The molecule has 0 saturated carbocycles. The van der Waals surface area contributed by atoms with E-state index in [-0.39, 0.29) is 13.0 Å². The first-order valence-corrected chi connectivity index (χ1v) is 33.0. The molecular weight excluding hydrogens is 955 g/mol. The second-order valence-electron chi connectivity index (χ2n) is 23.2. The van der Waals surface area contributed by atoms with Gasteiger partial charge in [0.2, 0.25) is 5.91 Å². The van der Waals surface area contributed by atoms with Gasteiger partial charge in [0.15, 0.2) is 12.4 Å². The monoisotopic (exact) mass is 1080 g/mol. The van der Waals surface area contributed by atoms with Crippen molar-refractivity contribution in [3.63, 3.8) is 0 Å². The Morgan fingerprint density at radius 2 is 0.855 bits per heavy atom. The molecule has 8 atom stereocenters. The molecule has 11 heteroatoms. The van der Waals surface area contributed by atoms with Crippen molar-refractivity contribution in [2.24, 2.45) is 0 Å². The molecule has 1 heterocycles. The van der Waals surface area contributed by atoms with Gasteiger partial charge in [-0.2, -0.15) is 0 Å². The predicted octanol–water partition coefficient (Wildman–Crippen LogP) is 15.9. The zero-order valence-corrected chi connectivity index (χ0v) is 49.9. The fraction of sp³-hybridized carbons (Fsp3) is 0.938. The molecule has 0 aromatic rings. The normalized spacial score (nSPS) is 19.1. The molecule has 6 N–H and O–H groups in total. The number of carbonyl (C=O) groups excluding carboxylic acids is 2. The number of aliphatic hydroxyl groups is 5. The van der Waals surface area contributed by atoms with Crippen LogP contribution in [-0.2, 0) is 23.8 Å². The number of ether oxygens (including phenoxy) is 3. The lowest BCUT2D eigenvalue weighted by molar-refractivity contribution is -0.305. The number of rotatable bonds is 57. The summed E-state index contributed by atoms with van der Waals surface area (Å²) in [6, 6.07) is -1.02. The summed E-state index contributed by atoms with van der Waals surface area (Å²) in [5, 5.41) is 57.0. The van der Waals surface area contributed by atoms with Gasteiger partial charge in [-0.15, -0.1) is 0 Å². The maximum absolute atomic E-state index is 13.4. The third-order valence-corrected chi connectivity index (χ3v) is 15.9. The van der Waals surface area contributed by atoms with Crippen molar-refractivity contribution in [1.82, 2.24) is 5.32 Å². The van der Waals surface area contributed by atoms with Crippen molar-refractivity contribution in [2.75, 3.05) is 13.2 Å². The molecule has 450 valence electrons. The third kappa shape index (κ3) is 41.4. The van der Waals surface area contributed by atoms with Crippen molar-refractivity contribution < 1.29 is 49.3 Å². The van der Waals surface area contributed by atoms with Gasteiger partial charge in [0.25, 0.3) is 0 Å². The highest BCUT2D eigenvalue weighted by Gasteiger charge is 2.47. The largest absolute Gasteiger partial charge is 0.454 e. The van der Waals surface area contributed by atoms with Crippen LogP contribution in [0.2, 0.25) is 0 Å². The fourth-order valence-corrected chi connectivity index (χ4v) is 10.7. The number of esters is 1. The van der Waals surface area contributed by atoms with Gasteiger partial charge in [-0.05, 0) is 25.7 Å². The van der Waals surface area contributed by atoms with E-state index in [0.29, 0.717) is 19.3 Å². The Labute approximate surface area is 468 Å². The number of nitrogens with one attached hydrogen (secondary N) is 1. The number of allylic oxidation sites excluding steroid dienone is 1. The Hall–Kier alpha value is -1.60. The molecule has 0 aromatic heterocycles. The Bertz CT molecular complexity index is 1290. The maximum atomic E-state index is 13.4. The number of hydrogen-bond acceptors (Lipinski definition) is 10. The van der Waals surface area contributed by atoms with E-state index < -0.39 is 67.4 Å². The van der Waals surface area contributed by atoms with E-state index in [4.69, 9.17) is 14.2 Å². The average molecular weight is 1080 g/mol. The summed E-state index contributed by atoms with van der Waals surface area (Å²) in [6.07, 6.45) is 51.2. The third-order valence-electron chi connectivity index (χ3n) is 15.9. The van der Waals surface area contributed by atoms with Crippen molar-refractivity contribution in [3.05, 3.63) is 12.2 Å². The summed E-state index contributed by atoms with van der Waals surface area (Å²) in [6.45, 7) is 5.83. The summed E-state index contributed by atoms with van der Waals surface area (Å²) < 4.78 is 17.6. The van der Waals surface area contributed by atoms with Crippen LogP contribution in [0.25, 0.3) is 0 Å². The molecule has 0 aromatic carbocycles. The van der Waals surface area contributed by atoms with Gasteiger partial charge in [-0.3, -0.25) is 9.59 Å². The molecule has 1 amide bonds. The fourth-order valence-electron chi connectivity index (χ4n) is 10.7. The highest BCUT2D eigenvalue weighted by molar-refractivity contribution is 5.80. The summed E-state index contributed by atoms with van der Waals surface area (Å²) in [4.78, 5) is 26.5. The van der Waals surface area contributed by atoms with Crippen molar-refractivity contribution >= 4 is 11.9 Å². The standard InChI is InChI=1S/C65H125NO10/c1-4-7-10-13-16-19-22-24-26-27-28-29-30-31-32-33-34-37-40-43-46-49-52-58(69)64(73)66-56(57(68)51-48-45-42-39-36-21-18-15-12-9-6-3)55-74-65-63(62(72)61(71)59(54-67)75-65)76-60(70)53-50-47-44-41-38-35-25-23-20-17-14-11-8-5-2/h48,51,56-59,61-63,65,67-69,71-72H,4-47,49-50,52-55H2,1-3H3,(H,66,73)/b51-48+. The van der Waals surface area contributed by atoms with Crippen LogP contribution in [0.4, 0.5) is 0 Å².